The highest BCUT2D eigenvalue weighted by Gasteiger charge is 2.17. The van der Waals surface area contributed by atoms with E-state index in [4.69, 9.17) is 5.73 Å². The summed E-state index contributed by atoms with van der Waals surface area (Å²) >= 11 is 0. The highest BCUT2D eigenvalue weighted by atomic mass is 32.2. The van der Waals surface area contributed by atoms with Crippen LogP contribution < -0.4 is 10.5 Å². The van der Waals surface area contributed by atoms with Crippen LogP contribution in [0.5, 0.6) is 0 Å². The second-order valence-electron chi connectivity index (χ2n) is 4.38. The molecule has 0 atom stereocenters. The Morgan fingerprint density at radius 2 is 2.16 bits per heavy atom. The molecule has 0 unspecified atom stereocenters. The Morgan fingerprint density at radius 3 is 2.89 bits per heavy atom. The van der Waals surface area contributed by atoms with E-state index in [9.17, 15) is 8.42 Å². The number of hydrogen-bond acceptors (Lipinski definition) is 4. The van der Waals surface area contributed by atoms with E-state index in [1.54, 1.807) is 18.3 Å². The Balaban J connectivity index is 2.44. The third-order valence-corrected chi connectivity index (χ3v) is 4.27. The van der Waals surface area contributed by atoms with E-state index in [2.05, 4.69) is 9.71 Å². The Bertz CT molecular complexity index is 683. The molecule has 19 heavy (non-hydrogen) atoms. The van der Waals surface area contributed by atoms with Gasteiger partial charge in [-0.1, -0.05) is 12.1 Å². The molecule has 0 bridgehead atoms. The molecule has 0 aliphatic carbocycles. The predicted molar refractivity (Wildman–Crippen MR) is 75.3 cm³/mol. The maximum Gasteiger partial charge on any atom is 0.242 e. The van der Waals surface area contributed by atoms with E-state index in [1.807, 2.05) is 19.1 Å². The molecule has 2 rings (SSSR count). The third kappa shape index (κ3) is 3.09. The molecule has 0 spiro atoms. The monoisotopic (exact) mass is 279 g/mol. The molecule has 102 valence electrons. The van der Waals surface area contributed by atoms with Gasteiger partial charge in [-0.25, -0.2) is 13.1 Å². The van der Waals surface area contributed by atoms with Crippen molar-refractivity contribution in [3.8, 4) is 0 Å². The average molecular weight is 279 g/mol. The number of para-hydroxylation sites is 1. The lowest BCUT2D eigenvalue weighted by Crippen LogP contribution is -2.26. The number of nitrogens with two attached hydrogens (primary N) is 1. The zero-order valence-electron chi connectivity index (χ0n) is 10.8. The molecule has 1 aromatic carbocycles. The van der Waals surface area contributed by atoms with Crippen molar-refractivity contribution in [3.63, 3.8) is 0 Å². The molecule has 5 nitrogen and oxygen atoms in total. The first kappa shape index (κ1) is 13.9. The molecule has 0 aliphatic rings. The number of nitrogens with zero attached hydrogens (tertiary/aromatic N) is 1. The van der Waals surface area contributed by atoms with Gasteiger partial charge in [0.15, 0.2) is 0 Å². The fraction of sp³-hybridized carbons (Fsp3) is 0.308. The summed E-state index contributed by atoms with van der Waals surface area (Å²) in [5.41, 5.74) is 6.85. The summed E-state index contributed by atoms with van der Waals surface area (Å²) < 4.78 is 27.0. The van der Waals surface area contributed by atoms with Crippen molar-refractivity contribution < 1.29 is 8.42 Å². The van der Waals surface area contributed by atoms with Crippen LogP contribution in [0.25, 0.3) is 10.9 Å². The summed E-state index contributed by atoms with van der Waals surface area (Å²) in [6.45, 7) is 2.71. The van der Waals surface area contributed by atoms with Gasteiger partial charge < -0.3 is 5.73 Å². The molecule has 6 heteroatoms. The van der Waals surface area contributed by atoms with Crippen LogP contribution in [0.3, 0.4) is 0 Å². The molecule has 0 fully saturated rings. The number of pyridine rings is 1. The minimum absolute atomic E-state index is 0.210. The van der Waals surface area contributed by atoms with Gasteiger partial charge in [0.2, 0.25) is 10.0 Å². The minimum Gasteiger partial charge on any atom is -0.330 e. The largest absolute Gasteiger partial charge is 0.330 e. The van der Waals surface area contributed by atoms with Crippen LogP contribution in [0.1, 0.15) is 12.0 Å². The number of aryl methyl sites for hydroxylation is 1. The molecule has 0 saturated heterocycles. The van der Waals surface area contributed by atoms with Crippen LogP contribution >= 0.6 is 0 Å². The van der Waals surface area contributed by atoms with Crippen molar-refractivity contribution in [1.29, 1.82) is 0 Å². The summed E-state index contributed by atoms with van der Waals surface area (Å²) in [6.07, 6.45) is 2.28. The van der Waals surface area contributed by atoms with Crippen LogP contribution in [0, 0.1) is 6.92 Å². The first-order valence-electron chi connectivity index (χ1n) is 6.10. The molecule has 1 aromatic heterocycles. The lowest BCUT2D eigenvalue weighted by atomic mass is 10.2. The summed E-state index contributed by atoms with van der Waals surface area (Å²) in [5.74, 6) is 0. The number of hydrogen-bond donors (Lipinski definition) is 2. The summed E-state index contributed by atoms with van der Waals surface area (Å²) in [6, 6.07) is 7.06. The molecule has 0 radical (unpaired) electrons. The van der Waals surface area contributed by atoms with Crippen LogP contribution in [0.4, 0.5) is 0 Å². The first-order chi connectivity index (χ1) is 9.04. The Morgan fingerprint density at radius 1 is 1.37 bits per heavy atom. The summed E-state index contributed by atoms with van der Waals surface area (Å²) in [5, 5.41) is 0.821. The number of nitrogens with one attached hydrogen (secondary N) is 1. The number of benzene rings is 1. The molecular weight excluding hydrogens is 262 g/mol. The van der Waals surface area contributed by atoms with E-state index >= 15 is 0 Å². The van der Waals surface area contributed by atoms with E-state index in [0.717, 1.165) is 10.9 Å². The summed E-state index contributed by atoms with van der Waals surface area (Å²) in [4.78, 5) is 4.44. The Labute approximate surface area is 112 Å². The lowest BCUT2D eigenvalue weighted by Gasteiger charge is -2.08. The zero-order valence-corrected chi connectivity index (χ0v) is 11.6. The highest BCUT2D eigenvalue weighted by molar-refractivity contribution is 7.89. The minimum atomic E-state index is -3.54. The first-order valence-corrected chi connectivity index (χ1v) is 7.58. The summed E-state index contributed by atoms with van der Waals surface area (Å²) in [7, 11) is -3.54. The maximum absolute atomic E-state index is 12.2. The molecule has 3 N–H and O–H groups in total. The topological polar surface area (TPSA) is 85.1 Å². The van der Waals surface area contributed by atoms with Gasteiger partial charge >= 0.3 is 0 Å². The number of aromatic nitrogens is 1. The molecule has 1 heterocycles. The van der Waals surface area contributed by atoms with Crippen LogP contribution in [0.2, 0.25) is 0 Å². The van der Waals surface area contributed by atoms with Gasteiger partial charge in [0.25, 0.3) is 0 Å². The van der Waals surface area contributed by atoms with E-state index in [1.165, 1.54) is 0 Å². The Hall–Kier alpha value is -1.50. The smallest absolute Gasteiger partial charge is 0.242 e. The van der Waals surface area contributed by atoms with Crippen molar-refractivity contribution in [2.75, 3.05) is 13.1 Å². The van der Waals surface area contributed by atoms with Gasteiger partial charge in [0, 0.05) is 18.1 Å². The standard InChI is InChI=1S/C13H17N3O2S/c1-10-8-11-4-2-5-12(13(11)15-9-10)19(17,18)16-7-3-6-14/h2,4-5,8-9,16H,3,6-7,14H2,1H3. The Kier molecular flexibility index (Phi) is 4.14. The third-order valence-electron chi connectivity index (χ3n) is 2.77. The van der Waals surface area contributed by atoms with Crippen molar-refractivity contribution in [2.24, 2.45) is 5.73 Å². The number of fused-ring (bicyclic) bond motifs is 1. The van der Waals surface area contributed by atoms with Crippen LogP contribution in [0.15, 0.2) is 35.4 Å². The van der Waals surface area contributed by atoms with Gasteiger partial charge in [0.1, 0.15) is 4.90 Å². The number of rotatable bonds is 5. The van der Waals surface area contributed by atoms with Gasteiger partial charge in [0.05, 0.1) is 5.52 Å². The van der Waals surface area contributed by atoms with E-state index in [-0.39, 0.29) is 4.90 Å². The van der Waals surface area contributed by atoms with Gasteiger partial charge in [-0.15, -0.1) is 0 Å². The van der Waals surface area contributed by atoms with Crippen LogP contribution in [-0.4, -0.2) is 26.5 Å². The second kappa shape index (κ2) is 5.64. The highest BCUT2D eigenvalue weighted by Crippen LogP contribution is 2.21. The van der Waals surface area contributed by atoms with Crippen LogP contribution in [-0.2, 0) is 10.0 Å². The van der Waals surface area contributed by atoms with Crippen molar-refractivity contribution in [3.05, 3.63) is 36.0 Å². The molecule has 0 saturated carbocycles. The maximum atomic E-state index is 12.2. The normalized spacial score (nSPS) is 11.9. The van der Waals surface area contributed by atoms with Gasteiger partial charge in [-0.3, -0.25) is 4.98 Å². The van der Waals surface area contributed by atoms with Gasteiger partial charge in [-0.05, 0) is 37.6 Å². The molecule has 2 aromatic rings. The lowest BCUT2D eigenvalue weighted by molar-refractivity contribution is 0.580. The average Bonchev–Trinajstić information content (AvgIpc) is 2.37. The van der Waals surface area contributed by atoms with Gasteiger partial charge in [-0.2, -0.15) is 0 Å². The number of sulfonamides is 1. The molecule has 0 aliphatic heterocycles. The van der Waals surface area contributed by atoms with E-state index in [0.29, 0.717) is 25.0 Å². The predicted octanol–water partition coefficient (Wildman–Crippen LogP) is 1.17. The van der Waals surface area contributed by atoms with E-state index < -0.39 is 10.0 Å². The van der Waals surface area contributed by atoms with Crippen molar-refractivity contribution in [2.45, 2.75) is 18.2 Å². The fourth-order valence-electron chi connectivity index (χ4n) is 1.85. The molecule has 0 amide bonds. The van der Waals surface area contributed by atoms with Crippen molar-refractivity contribution >= 4 is 20.9 Å². The quantitative estimate of drug-likeness (QED) is 0.805. The van der Waals surface area contributed by atoms with Crippen molar-refractivity contribution in [1.82, 2.24) is 9.71 Å². The SMILES string of the molecule is Cc1cnc2c(S(=O)(=O)NCCCN)cccc2c1. The second-order valence-corrected chi connectivity index (χ2v) is 6.12. The zero-order chi connectivity index (χ0) is 13.9. The fourth-order valence-corrected chi connectivity index (χ4v) is 3.10. The molecular formula is C13H17N3O2S.